The maximum Gasteiger partial charge on any atom is 0.110 e. The first-order valence-electron chi connectivity index (χ1n) is 4.24. The van der Waals surface area contributed by atoms with Gasteiger partial charge in [-0.05, 0) is 17.5 Å². The second-order valence-electron chi connectivity index (χ2n) is 3.43. The highest BCUT2D eigenvalue weighted by Gasteiger charge is 2.46. The van der Waals surface area contributed by atoms with Gasteiger partial charge in [0.05, 0.1) is 6.10 Å². The van der Waals surface area contributed by atoms with Crippen molar-refractivity contribution in [3.8, 4) is 0 Å². The van der Waals surface area contributed by atoms with Crippen LogP contribution in [0.5, 0.6) is 0 Å². The van der Waals surface area contributed by atoms with Crippen LogP contribution in [-0.4, -0.2) is 6.10 Å². The van der Waals surface area contributed by atoms with E-state index in [4.69, 9.17) is 4.74 Å². The van der Waals surface area contributed by atoms with Crippen molar-refractivity contribution in [1.29, 1.82) is 0 Å². The Balaban J connectivity index is 2.15. The molecular formula is C10H9BrO. The van der Waals surface area contributed by atoms with E-state index in [0.717, 1.165) is 6.42 Å². The zero-order chi connectivity index (χ0) is 8.13. The fraction of sp³-hybridized carbons (Fsp3) is 0.400. The normalized spacial score (nSPS) is 36.9. The fourth-order valence-corrected chi connectivity index (χ4v) is 2.77. The summed E-state index contributed by atoms with van der Waals surface area (Å²) in [7, 11) is 0. The molecule has 2 heteroatoms. The average molecular weight is 225 g/mol. The zero-order valence-corrected chi connectivity index (χ0v) is 8.12. The number of ether oxygens (including phenoxy) is 1. The average Bonchev–Trinajstić information content (AvgIpc) is 2.84. The van der Waals surface area contributed by atoms with Gasteiger partial charge in [0.2, 0.25) is 0 Å². The predicted molar refractivity (Wildman–Crippen MR) is 50.3 cm³/mol. The number of fused-ring (bicyclic) bond motifs is 3. The summed E-state index contributed by atoms with van der Waals surface area (Å²) in [5, 5.41) is 0. The third-order valence-electron chi connectivity index (χ3n) is 2.66. The van der Waals surface area contributed by atoms with Crippen molar-refractivity contribution in [2.24, 2.45) is 0 Å². The molecule has 12 heavy (non-hydrogen) atoms. The molecule has 1 aromatic rings. The van der Waals surface area contributed by atoms with E-state index in [1.807, 2.05) is 0 Å². The Morgan fingerprint density at radius 2 is 2.00 bits per heavy atom. The molecule has 0 aromatic heterocycles. The van der Waals surface area contributed by atoms with Gasteiger partial charge in [-0.15, -0.1) is 0 Å². The van der Waals surface area contributed by atoms with Crippen molar-refractivity contribution in [2.45, 2.75) is 23.5 Å². The topological polar surface area (TPSA) is 12.5 Å². The van der Waals surface area contributed by atoms with Crippen LogP contribution in [-0.2, 0) is 4.74 Å². The van der Waals surface area contributed by atoms with Gasteiger partial charge in [0.15, 0.2) is 0 Å². The molecule has 1 aliphatic heterocycles. The number of epoxide rings is 1. The Morgan fingerprint density at radius 1 is 1.25 bits per heavy atom. The monoisotopic (exact) mass is 224 g/mol. The molecule has 1 nitrogen and oxygen atoms in total. The Morgan fingerprint density at radius 3 is 2.83 bits per heavy atom. The van der Waals surface area contributed by atoms with E-state index in [-0.39, 0.29) is 0 Å². The lowest BCUT2D eigenvalue weighted by Gasteiger charge is -2.16. The third kappa shape index (κ3) is 0.882. The summed E-state index contributed by atoms with van der Waals surface area (Å²) in [4.78, 5) is 0.498. The second kappa shape index (κ2) is 2.33. The molecule has 0 bridgehead atoms. The van der Waals surface area contributed by atoms with E-state index in [2.05, 4.69) is 40.2 Å². The van der Waals surface area contributed by atoms with Gasteiger partial charge in [-0.2, -0.15) is 0 Å². The van der Waals surface area contributed by atoms with Crippen LogP contribution in [0.25, 0.3) is 0 Å². The van der Waals surface area contributed by atoms with Gasteiger partial charge in [0.25, 0.3) is 0 Å². The lowest BCUT2D eigenvalue weighted by Crippen LogP contribution is -2.06. The van der Waals surface area contributed by atoms with Gasteiger partial charge < -0.3 is 4.74 Å². The summed E-state index contributed by atoms with van der Waals surface area (Å²) in [5.41, 5.74) is 2.80. The molecule has 2 aliphatic rings. The van der Waals surface area contributed by atoms with E-state index < -0.39 is 0 Å². The minimum Gasteiger partial charge on any atom is -0.364 e. The van der Waals surface area contributed by atoms with Crippen LogP contribution in [0.4, 0.5) is 0 Å². The number of rotatable bonds is 0. The first-order valence-corrected chi connectivity index (χ1v) is 5.16. The highest BCUT2D eigenvalue weighted by atomic mass is 79.9. The smallest absolute Gasteiger partial charge is 0.110 e. The van der Waals surface area contributed by atoms with Gasteiger partial charge in [0.1, 0.15) is 6.10 Å². The molecule has 62 valence electrons. The van der Waals surface area contributed by atoms with Gasteiger partial charge in [0, 0.05) is 4.83 Å². The van der Waals surface area contributed by atoms with Crippen LogP contribution in [0.2, 0.25) is 0 Å². The van der Waals surface area contributed by atoms with Crippen molar-refractivity contribution < 1.29 is 4.74 Å². The van der Waals surface area contributed by atoms with Crippen LogP contribution >= 0.6 is 15.9 Å². The van der Waals surface area contributed by atoms with Crippen LogP contribution in [0, 0.1) is 0 Å². The highest BCUT2D eigenvalue weighted by molar-refractivity contribution is 9.09. The summed E-state index contributed by atoms with van der Waals surface area (Å²) >= 11 is 3.67. The van der Waals surface area contributed by atoms with Crippen LogP contribution < -0.4 is 0 Å². The molecule has 3 atom stereocenters. The quantitative estimate of drug-likeness (QED) is 0.488. The van der Waals surface area contributed by atoms with E-state index >= 15 is 0 Å². The largest absolute Gasteiger partial charge is 0.364 e. The SMILES string of the molecule is BrC1C[C@H]2O[C@H]2c2ccccc21. The molecule has 1 unspecified atom stereocenters. The zero-order valence-electron chi connectivity index (χ0n) is 6.53. The lowest BCUT2D eigenvalue weighted by molar-refractivity contribution is 0.372. The minimum atomic E-state index is 0.412. The van der Waals surface area contributed by atoms with Crippen molar-refractivity contribution in [3.63, 3.8) is 0 Å². The Kier molecular flexibility index (Phi) is 1.38. The van der Waals surface area contributed by atoms with E-state index in [0.29, 0.717) is 17.0 Å². The van der Waals surface area contributed by atoms with Crippen LogP contribution in [0.1, 0.15) is 28.5 Å². The number of benzene rings is 1. The Hall–Kier alpha value is -0.340. The number of halogens is 1. The Labute approximate surface area is 79.9 Å². The lowest BCUT2D eigenvalue weighted by atomic mass is 9.92. The number of hydrogen-bond acceptors (Lipinski definition) is 1. The number of hydrogen-bond donors (Lipinski definition) is 0. The highest BCUT2D eigenvalue weighted by Crippen LogP contribution is 2.52. The number of alkyl halides is 1. The van der Waals surface area contributed by atoms with Crippen molar-refractivity contribution >= 4 is 15.9 Å². The molecule has 0 spiro atoms. The molecule has 1 fully saturated rings. The molecule has 1 aliphatic carbocycles. The molecule has 0 N–H and O–H groups in total. The van der Waals surface area contributed by atoms with Gasteiger partial charge in [-0.1, -0.05) is 40.2 Å². The summed E-state index contributed by atoms with van der Waals surface area (Å²) in [6.45, 7) is 0. The van der Waals surface area contributed by atoms with E-state index in [1.165, 1.54) is 11.1 Å². The Bertz CT molecular complexity index is 308. The predicted octanol–water partition coefficient (Wildman–Crippen LogP) is 2.97. The van der Waals surface area contributed by atoms with Gasteiger partial charge in [-0.3, -0.25) is 0 Å². The molecule has 1 aromatic carbocycles. The summed E-state index contributed by atoms with van der Waals surface area (Å²) in [6.07, 6.45) is 2.03. The summed E-state index contributed by atoms with van der Waals surface area (Å²) in [5.74, 6) is 0. The van der Waals surface area contributed by atoms with Crippen molar-refractivity contribution in [1.82, 2.24) is 0 Å². The fourth-order valence-electron chi connectivity index (χ4n) is 1.98. The molecule has 0 amide bonds. The minimum absolute atomic E-state index is 0.412. The third-order valence-corrected chi connectivity index (χ3v) is 3.53. The molecule has 0 saturated carbocycles. The molecule has 1 heterocycles. The summed E-state index contributed by atoms with van der Waals surface area (Å²) < 4.78 is 5.54. The first-order chi connectivity index (χ1) is 5.86. The summed E-state index contributed by atoms with van der Waals surface area (Å²) in [6, 6.07) is 8.54. The molecule has 3 rings (SSSR count). The molecule has 1 saturated heterocycles. The van der Waals surface area contributed by atoms with E-state index in [9.17, 15) is 0 Å². The van der Waals surface area contributed by atoms with Gasteiger partial charge >= 0.3 is 0 Å². The maximum atomic E-state index is 5.54. The second-order valence-corrected chi connectivity index (χ2v) is 4.53. The maximum absolute atomic E-state index is 5.54. The van der Waals surface area contributed by atoms with Gasteiger partial charge in [-0.25, -0.2) is 0 Å². The molecule has 0 radical (unpaired) electrons. The van der Waals surface area contributed by atoms with Crippen molar-refractivity contribution in [2.75, 3.05) is 0 Å². The van der Waals surface area contributed by atoms with Crippen LogP contribution in [0.15, 0.2) is 24.3 Å². The molecular weight excluding hydrogens is 216 g/mol. The van der Waals surface area contributed by atoms with E-state index in [1.54, 1.807) is 0 Å². The van der Waals surface area contributed by atoms with Crippen molar-refractivity contribution in [3.05, 3.63) is 35.4 Å². The van der Waals surface area contributed by atoms with Crippen LogP contribution in [0.3, 0.4) is 0 Å². The standard InChI is InChI=1S/C10H9BrO/c11-8-5-9-10(12-9)7-4-2-1-3-6(7)8/h1-4,8-10H,5H2/t8?,9-,10+/m1/s1. The first kappa shape index (κ1) is 7.10.